The molecule has 0 saturated carbocycles. The zero-order valence-corrected chi connectivity index (χ0v) is 41.4. The van der Waals surface area contributed by atoms with Gasteiger partial charge in [-0.25, -0.2) is 0 Å². The van der Waals surface area contributed by atoms with E-state index in [4.69, 9.17) is 0 Å². The van der Waals surface area contributed by atoms with E-state index in [1.807, 2.05) is 0 Å². The normalized spacial score (nSPS) is 14.5. The van der Waals surface area contributed by atoms with Crippen molar-refractivity contribution in [3.8, 4) is 66.8 Å². The van der Waals surface area contributed by atoms with Gasteiger partial charge in [0, 0.05) is 22.9 Å². The topological polar surface area (TPSA) is 3.24 Å². The van der Waals surface area contributed by atoms with E-state index in [1.165, 1.54) is 94.6 Å². The van der Waals surface area contributed by atoms with Crippen LogP contribution in [0.1, 0.15) is 27.8 Å². The molecular weight excluding hydrogens is 903 g/mol. The van der Waals surface area contributed by atoms with Crippen LogP contribution < -0.4 is 4.90 Å². The van der Waals surface area contributed by atoms with Crippen LogP contribution in [0.2, 0.25) is 0 Å². The summed E-state index contributed by atoms with van der Waals surface area (Å²) in [7, 11) is 0. The maximum atomic E-state index is 2.49. The molecule has 11 aromatic carbocycles. The number of para-hydroxylation sites is 1. The highest BCUT2D eigenvalue weighted by Gasteiger charge is 2.46. The van der Waals surface area contributed by atoms with Crippen LogP contribution in [0.4, 0.5) is 17.1 Å². The van der Waals surface area contributed by atoms with Gasteiger partial charge in [-0.05, 0) is 149 Å². The van der Waals surface area contributed by atoms with Crippen LogP contribution in [0.15, 0.2) is 309 Å². The first kappa shape index (κ1) is 44.2. The van der Waals surface area contributed by atoms with Gasteiger partial charge in [-0.15, -0.1) is 0 Å². The minimum Gasteiger partial charge on any atom is -0.310 e. The zero-order chi connectivity index (χ0) is 49.7. The van der Waals surface area contributed by atoms with Gasteiger partial charge >= 0.3 is 0 Å². The number of fused-ring (bicyclic) bond motifs is 4. The van der Waals surface area contributed by atoms with E-state index in [1.54, 1.807) is 0 Å². The van der Waals surface area contributed by atoms with Gasteiger partial charge in [0.2, 0.25) is 0 Å². The molecule has 1 nitrogen and oxygen atoms in total. The van der Waals surface area contributed by atoms with Crippen LogP contribution >= 0.6 is 0 Å². The summed E-state index contributed by atoms with van der Waals surface area (Å²) in [6.07, 6.45) is 9.16. The molecule has 352 valence electrons. The van der Waals surface area contributed by atoms with Gasteiger partial charge < -0.3 is 4.90 Å². The third-order valence-corrected chi connectivity index (χ3v) is 15.7. The molecule has 0 spiro atoms. The quantitative estimate of drug-likeness (QED) is 0.125. The first-order valence-corrected chi connectivity index (χ1v) is 26.1. The Labute approximate surface area is 440 Å². The molecule has 0 amide bonds. The van der Waals surface area contributed by atoms with Crippen molar-refractivity contribution in [1.29, 1.82) is 0 Å². The second-order valence-electron chi connectivity index (χ2n) is 19.9. The van der Waals surface area contributed by atoms with Gasteiger partial charge in [-0.1, -0.05) is 255 Å². The van der Waals surface area contributed by atoms with Crippen LogP contribution in [-0.2, 0) is 5.41 Å². The van der Waals surface area contributed by atoms with Gasteiger partial charge in [-0.3, -0.25) is 0 Å². The fourth-order valence-corrected chi connectivity index (χ4v) is 12.2. The Morgan fingerprint density at radius 1 is 0.307 bits per heavy atom. The van der Waals surface area contributed by atoms with Gasteiger partial charge in [0.15, 0.2) is 0 Å². The van der Waals surface area contributed by atoms with E-state index < -0.39 is 5.41 Å². The molecule has 0 unspecified atom stereocenters. The number of benzene rings is 11. The minimum atomic E-state index is -0.503. The van der Waals surface area contributed by atoms with E-state index in [-0.39, 0.29) is 0 Å². The fourth-order valence-electron chi connectivity index (χ4n) is 12.2. The van der Waals surface area contributed by atoms with Crippen molar-refractivity contribution in [2.45, 2.75) is 5.41 Å². The molecule has 14 rings (SSSR count). The highest BCUT2D eigenvalue weighted by Crippen LogP contribution is 2.58. The SMILES string of the molecule is C1=C[C@@H]2C=C2C(c2ccccc2-c2ccccc2-c2ccccc2N(c2ccc(-c3cc(-c4ccccc4)cc(-c4ccccc4)c3)cc2)c2ccc3c(c2)-c2ccccc2C3(c2ccccc2)c2ccccc2)=C1. The summed E-state index contributed by atoms with van der Waals surface area (Å²) in [4.78, 5) is 2.49. The molecule has 0 N–H and O–H groups in total. The number of anilines is 3. The van der Waals surface area contributed by atoms with Crippen LogP contribution in [-0.4, -0.2) is 0 Å². The van der Waals surface area contributed by atoms with Crippen molar-refractivity contribution < 1.29 is 0 Å². The first-order chi connectivity index (χ1) is 37.2. The van der Waals surface area contributed by atoms with Gasteiger partial charge in [0.1, 0.15) is 0 Å². The van der Waals surface area contributed by atoms with Gasteiger partial charge in [-0.2, -0.15) is 0 Å². The first-order valence-electron chi connectivity index (χ1n) is 26.1. The number of hydrogen-bond acceptors (Lipinski definition) is 1. The molecule has 3 aliphatic rings. The maximum Gasteiger partial charge on any atom is 0.0713 e. The van der Waals surface area contributed by atoms with Gasteiger partial charge in [0.25, 0.3) is 0 Å². The van der Waals surface area contributed by atoms with E-state index in [0.717, 1.165) is 28.2 Å². The third-order valence-electron chi connectivity index (χ3n) is 15.7. The molecule has 1 heteroatoms. The van der Waals surface area contributed by atoms with Gasteiger partial charge in [0.05, 0.1) is 11.1 Å². The second kappa shape index (κ2) is 18.5. The molecule has 3 aliphatic carbocycles. The van der Waals surface area contributed by atoms with E-state index in [2.05, 4.69) is 308 Å². The Kier molecular flexibility index (Phi) is 10.9. The molecule has 0 aliphatic heterocycles. The Hall–Kier alpha value is -9.56. The minimum absolute atomic E-state index is 0.442. The molecule has 0 radical (unpaired) electrons. The molecule has 0 saturated heterocycles. The molecule has 0 bridgehead atoms. The van der Waals surface area contributed by atoms with Crippen LogP contribution in [0.5, 0.6) is 0 Å². The maximum absolute atomic E-state index is 2.49. The molecule has 0 fully saturated rings. The van der Waals surface area contributed by atoms with Crippen molar-refractivity contribution in [3.05, 3.63) is 337 Å². The molecule has 75 heavy (non-hydrogen) atoms. The summed E-state index contributed by atoms with van der Waals surface area (Å²) in [5.74, 6) is 0.442. The highest BCUT2D eigenvalue weighted by molar-refractivity contribution is 6.00. The zero-order valence-electron chi connectivity index (χ0n) is 41.4. The summed E-state index contributed by atoms with van der Waals surface area (Å²) < 4.78 is 0. The van der Waals surface area contributed by atoms with E-state index >= 15 is 0 Å². The van der Waals surface area contributed by atoms with Crippen molar-refractivity contribution in [2.75, 3.05) is 4.90 Å². The van der Waals surface area contributed by atoms with E-state index in [0.29, 0.717) is 5.92 Å². The van der Waals surface area contributed by atoms with Crippen molar-refractivity contribution in [2.24, 2.45) is 5.92 Å². The predicted molar refractivity (Wildman–Crippen MR) is 314 cm³/mol. The lowest BCUT2D eigenvalue weighted by molar-refractivity contribution is 0.768. The lowest BCUT2D eigenvalue weighted by atomic mass is 9.68. The summed E-state index contributed by atoms with van der Waals surface area (Å²) >= 11 is 0. The van der Waals surface area contributed by atoms with Crippen molar-refractivity contribution in [1.82, 2.24) is 0 Å². The predicted octanol–water partition coefficient (Wildman–Crippen LogP) is 19.4. The Balaban J connectivity index is 0.966. The van der Waals surface area contributed by atoms with E-state index in [9.17, 15) is 0 Å². The summed E-state index contributed by atoms with van der Waals surface area (Å²) in [6.45, 7) is 0. The number of rotatable bonds is 11. The second-order valence-corrected chi connectivity index (χ2v) is 19.9. The molecule has 0 aromatic heterocycles. The Bertz CT molecular complexity index is 3930. The average molecular weight is 954 g/mol. The molecular formula is C74H51N. The highest BCUT2D eigenvalue weighted by atomic mass is 15.1. The fraction of sp³-hybridized carbons (Fsp3) is 0.0270. The monoisotopic (exact) mass is 953 g/mol. The number of hydrogen-bond donors (Lipinski definition) is 0. The largest absolute Gasteiger partial charge is 0.310 e. The summed E-state index contributed by atoms with van der Waals surface area (Å²) in [5, 5.41) is 0. The smallest absolute Gasteiger partial charge is 0.0713 e. The number of nitrogens with zero attached hydrogens (tertiary/aromatic N) is 1. The van der Waals surface area contributed by atoms with Crippen LogP contribution in [0, 0.1) is 5.92 Å². The molecule has 1 atom stereocenters. The number of allylic oxidation sites excluding steroid dienone is 6. The summed E-state index contributed by atoms with van der Waals surface area (Å²) in [6, 6.07) is 103. The van der Waals surface area contributed by atoms with Crippen molar-refractivity contribution >= 4 is 22.6 Å². The average Bonchev–Trinajstić information content (AvgIpc) is 4.24. The van der Waals surface area contributed by atoms with Crippen LogP contribution in [0.25, 0.3) is 72.3 Å². The molecule has 11 aromatic rings. The van der Waals surface area contributed by atoms with Crippen LogP contribution in [0.3, 0.4) is 0 Å². The van der Waals surface area contributed by atoms with Crippen molar-refractivity contribution in [3.63, 3.8) is 0 Å². The third kappa shape index (κ3) is 7.63. The standard InChI is InChI=1S/C74H51N/c1-5-22-51(23-6-1)55-46-56(52-24-7-2-8-25-52)48-57(47-55)53-40-42-60(43-41-53)75(61-44-45-72-70(50-61)67-35-17-19-38-71(67)74(72,58-27-9-3-10-28-58)59-29-11-4-12-30-59)73-39-20-18-36-68(73)65-34-16-15-32-63(65)62-31-13-14-33-64(62)66-37-21-26-54-49-69(54)66/h1-50,54H/t54-/m1/s1. The Morgan fingerprint density at radius 2 is 0.747 bits per heavy atom. The Morgan fingerprint density at radius 3 is 1.35 bits per heavy atom. The summed E-state index contributed by atoms with van der Waals surface area (Å²) in [5.41, 5.74) is 26.2. The molecule has 0 heterocycles. The lowest BCUT2D eigenvalue weighted by Gasteiger charge is -2.34. The lowest BCUT2D eigenvalue weighted by Crippen LogP contribution is -2.28.